The lowest BCUT2D eigenvalue weighted by Crippen LogP contribution is -2.34. The Morgan fingerprint density at radius 2 is 1.68 bits per heavy atom. The number of hydrogen-bond acceptors (Lipinski definition) is 2. The van der Waals surface area contributed by atoms with E-state index in [1.54, 1.807) is 12.1 Å². The molecule has 0 bridgehead atoms. The van der Waals surface area contributed by atoms with Gasteiger partial charge in [-0.05, 0) is 69.7 Å². The van der Waals surface area contributed by atoms with E-state index in [-0.39, 0.29) is 10.8 Å². The molecule has 4 rings (SSSR count). The Labute approximate surface area is 184 Å². The third-order valence-electron chi connectivity index (χ3n) is 6.62. The van der Waals surface area contributed by atoms with Crippen molar-refractivity contribution >= 4 is 18.1 Å². The zero-order valence-electron chi connectivity index (χ0n) is 18.7. The largest absolute Gasteiger partial charge is 0.478 e. The highest BCUT2D eigenvalue weighted by Gasteiger charge is 2.37. The summed E-state index contributed by atoms with van der Waals surface area (Å²) in [7, 11) is 0. The Morgan fingerprint density at radius 3 is 2.26 bits per heavy atom. The molecule has 1 aromatic heterocycles. The van der Waals surface area contributed by atoms with Gasteiger partial charge in [-0.25, -0.2) is 4.79 Å². The lowest BCUT2D eigenvalue weighted by molar-refractivity contribution is 0.0697. The van der Waals surface area contributed by atoms with Crippen LogP contribution in [-0.2, 0) is 17.4 Å². The van der Waals surface area contributed by atoms with Crippen LogP contribution in [0.4, 0.5) is 0 Å². The number of carboxylic acid groups (broad SMARTS) is 1. The molecule has 4 heteroatoms. The van der Waals surface area contributed by atoms with E-state index in [0.717, 1.165) is 5.56 Å². The summed E-state index contributed by atoms with van der Waals surface area (Å²) in [5.74, 6) is -0.906. The van der Waals surface area contributed by atoms with E-state index < -0.39 is 5.97 Å². The molecule has 0 spiro atoms. The van der Waals surface area contributed by atoms with Crippen molar-refractivity contribution in [2.24, 2.45) is 0 Å². The van der Waals surface area contributed by atoms with Crippen molar-refractivity contribution in [3.63, 3.8) is 0 Å². The van der Waals surface area contributed by atoms with Crippen LogP contribution < -0.4 is 0 Å². The molecule has 1 aliphatic carbocycles. The second kappa shape index (κ2) is 7.84. The molecule has 0 fully saturated rings. The Balaban J connectivity index is 1.78. The normalized spacial score (nSPS) is 16.9. The van der Waals surface area contributed by atoms with Gasteiger partial charge < -0.3 is 5.11 Å². The number of carboxylic acids is 1. The highest BCUT2D eigenvalue weighted by Crippen LogP contribution is 2.46. The van der Waals surface area contributed by atoms with Gasteiger partial charge in [-0.2, -0.15) is 5.10 Å². The first-order valence-electron chi connectivity index (χ1n) is 10.8. The van der Waals surface area contributed by atoms with Crippen LogP contribution >= 0.6 is 0 Å². The van der Waals surface area contributed by atoms with Gasteiger partial charge in [-0.1, -0.05) is 64.1 Å². The molecule has 0 saturated heterocycles. The van der Waals surface area contributed by atoms with Crippen molar-refractivity contribution in [2.75, 3.05) is 0 Å². The molecule has 2 aromatic carbocycles. The Kier molecular flexibility index (Phi) is 5.34. The zero-order chi connectivity index (χ0) is 22.2. The van der Waals surface area contributed by atoms with Crippen molar-refractivity contribution in [1.29, 1.82) is 0 Å². The second-order valence-electron chi connectivity index (χ2n) is 9.83. The maximum atomic E-state index is 11.1. The summed E-state index contributed by atoms with van der Waals surface area (Å²) < 4.78 is 1.96. The van der Waals surface area contributed by atoms with E-state index >= 15 is 0 Å². The van der Waals surface area contributed by atoms with Crippen LogP contribution in [0.1, 0.15) is 78.7 Å². The fraction of sp³-hybridized carbons (Fsp3) is 0.333. The highest BCUT2D eigenvalue weighted by molar-refractivity contribution is 5.88. The molecule has 4 nitrogen and oxygen atoms in total. The van der Waals surface area contributed by atoms with Gasteiger partial charge >= 0.3 is 5.97 Å². The van der Waals surface area contributed by atoms with Crippen molar-refractivity contribution in [2.45, 2.75) is 57.9 Å². The number of hydrogen-bond donors (Lipinski definition) is 1. The van der Waals surface area contributed by atoms with Gasteiger partial charge in [-0.15, -0.1) is 0 Å². The highest BCUT2D eigenvalue weighted by atomic mass is 16.4. The van der Waals surface area contributed by atoms with Crippen LogP contribution in [0, 0.1) is 0 Å². The predicted molar refractivity (Wildman–Crippen MR) is 125 cm³/mol. The Morgan fingerprint density at radius 1 is 1.03 bits per heavy atom. The van der Waals surface area contributed by atoms with Gasteiger partial charge in [0.05, 0.1) is 12.1 Å². The third-order valence-corrected chi connectivity index (χ3v) is 6.62. The van der Waals surface area contributed by atoms with Crippen LogP contribution in [0.3, 0.4) is 0 Å². The van der Waals surface area contributed by atoms with Crippen molar-refractivity contribution < 1.29 is 9.90 Å². The molecule has 1 N–H and O–H groups in total. The standard InChI is InChI=1S/C27H30N2O2/c1-26(2)12-13-27(3,4)24-17-22(18-29-15-5-14-28-29)21(16-23(24)26)11-8-19-6-9-20(10-7-19)25(30)31/h5-11,14-17H,12-13,18H2,1-4H3,(H,30,31)/b11-8+/i6+1,7+1,9+1,10+1,19+1,20+1. The van der Waals surface area contributed by atoms with Crippen LogP contribution in [0.2, 0.25) is 0 Å². The molecule has 0 radical (unpaired) electrons. The molecule has 31 heavy (non-hydrogen) atoms. The monoisotopic (exact) mass is 420 g/mol. The molecule has 1 heterocycles. The quantitative estimate of drug-likeness (QED) is 0.504. The minimum atomic E-state index is -0.906. The van der Waals surface area contributed by atoms with E-state index in [9.17, 15) is 4.79 Å². The van der Waals surface area contributed by atoms with Gasteiger partial charge in [0.25, 0.3) is 0 Å². The van der Waals surface area contributed by atoms with E-state index in [1.165, 1.54) is 35.1 Å². The van der Waals surface area contributed by atoms with Crippen LogP contribution in [0.15, 0.2) is 54.9 Å². The van der Waals surface area contributed by atoms with Crippen LogP contribution in [-0.4, -0.2) is 20.9 Å². The minimum Gasteiger partial charge on any atom is -0.478 e. The van der Waals surface area contributed by atoms with E-state index in [0.29, 0.717) is 12.1 Å². The molecular weight excluding hydrogens is 390 g/mol. The summed E-state index contributed by atoms with van der Waals surface area (Å²) in [5, 5.41) is 13.5. The summed E-state index contributed by atoms with van der Waals surface area (Å²) in [6.45, 7) is 10.1. The number of benzene rings is 2. The SMILES string of the molecule is CC1(C)CCC(C)(C)c2cc(Cn3cccn3)c(/C=C/[13c]3[13cH][13cH][13c](C(=O)O)[13cH][13cH]3)cc21. The van der Waals surface area contributed by atoms with E-state index in [2.05, 4.69) is 57.1 Å². The first-order valence-corrected chi connectivity index (χ1v) is 10.8. The second-order valence-corrected chi connectivity index (χ2v) is 9.83. The Bertz CT molecular complexity index is 1120. The van der Waals surface area contributed by atoms with Crippen LogP contribution in [0.5, 0.6) is 0 Å². The molecule has 0 amide bonds. The number of aromatic nitrogens is 2. The van der Waals surface area contributed by atoms with E-state index in [1.807, 2.05) is 35.3 Å². The Hall–Kier alpha value is -3.14. The topological polar surface area (TPSA) is 55.1 Å². The number of aromatic carboxylic acids is 1. The molecule has 0 unspecified atom stereocenters. The lowest BCUT2D eigenvalue weighted by Gasteiger charge is -2.42. The first-order chi connectivity index (χ1) is 14.7. The average Bonchev–Trinajstić information content (AvgIpc) is 3.23. The first kappa shape index (κ1) is 21.1. The molecule has 160 valence electrons. The molecule has 3 aromatic rings. The molecule has 0 aliphatic heterocycles. The summed E-state index contributed by atoms with van der Waals surface area (Å²) >= 11 is 0. The fourth-order valence-electron chi connectivity index (χ4n) is 4.46. The van der Waals surface area contributed by atoms with Gasteiger partial charge in [0.1, 0.15) is 0 Å². The fourth-order valence-corrected chi connectivity index (χ4v) is 4.46. The molecule has 0 saturated carbocycles. The van der Waals surface area contributed by atoms with Crippen molar-refractivity contribution in [1.82, 2.24) is 9.78 Å². The van der Waals surface area contributed by atoms with Gasteiger partial charge in [0.15, 0.2) is 0 Å². The van der Waals surface area contributed by atoms with Gasteiger partial charge in [0, 0.05) is 12.4 Å². The lowest BCUT2D eigenvalue weighted by atomic mass is 9.62. The maximum absolute atomic E-state index is 11.1. The number of nitrogens with zero attached hydrogens (tertiary/aromatic N) is 2. The van der Waals surface area contributed by atoms with Crippen LogP contribution in [0.25, 0.3) is 12.2 Å². The summed E-state index contributed by atoms with van der Waals surface area (Å²) in [4.78, 5) is 11.1. The molecule has 1 aliphatic rings. The number of fused-ring (bicyclic) bond motifs is 1. The molecular formula is C27H30N2O2. The third kappa shape index (κ3) is 4.34. The predicted octanol–water partition coefficient (Wildman–Crippen LogP) is 6.15. The van der Waals surface area contributed by atoms with Gasteiger partial charge in [0.2, 0.25) is 0 Å². The number of rotatable bonds is 5. The number of carbonyl (C=O) groups is 1. The summed E-state index contributed by atoms with van der Waals surface area (Å²) in [6.07, 6.45) is 10.4. The smallest absolute Gasteiger partial charge is 0.335 e. The van der Waals surface area contributed by atoms with Gasteiger partial charge in [-0.3, -0.25) is 4.68 Å². The average molecular weight is 421 g/mol. The maximum Gasteiger partial charge on any atom is 0.335 e. The summed E-state index contributed by atoms with van der Waals surface area (Å²) in [6, 6.07) is 13.7. The van der Waals surface area contributed by atoms with Crippen molar-refractivity contribution in [3.05, 3.63) is 88.2 Å². The minimum absolute atomic E-state index is 0.140. The summed E-state index contributed by atoms with van der Waals surface area (Å²) in [5.41, 5.74) is 6.86. The zero-order valence-corrected chi connectivity index (χ0v) is 18.7. The van der Waals surface area contributed by atoms with Crippen molar-refractivity contribution in [3.8, 4) is 0 Å². The molecule has 0 atom stereocenters. The van der Waals surface area contributed by atoms with E-state index in [4.69, 9.17) is 5.11 Å².